The van der Waals surface area contributed by atoms with Crippen molar-refractivity contribution >= 4 is 0 Å². The summed E-state index contributed by atoms with van der Waals surface area (Å²) in [6, 6.07) is 1.90. The van der Waals surface area contributed by atoms with E-state index in [1.54, 1.807) is 7.11 Å². The highest BCUT2D eigenvalue weighted by Crippen LogP contribution is 2.04. The first-order valence-electron chi connectivity index (χ1n) is 7.24. The van der Waals surface area contributed by atoms with Crippen molar-refractivity contribution in [3.8, 4) is 0 Å². The minimum atomic E-state index is 0.410. The highest BCUT2D eigenvalue weighted by molar-refractivity contribution is 5.04. The minimum Gasteiger partial charge on any atom is -0.382 e. The summed E-state index contributed by atoms with van der Waals surface area (Å²) in [6.07, 6.45) is 0. The van der Waals surface area contributed by atoms with Crippen LogP contribution in [-0.2, 0) is 32.1 Å². The van der Waals surface area contributed by atoms with Gasteiger partial charge in [0.25, 0.3) is 0 Å². The van der Waals surface area contributed by atoms with Gasteiger partial charge in [-0.25, -0.2) is 0 Å². The van der Waals surface area contributed by atoms with Gasteiger partial charge >= 0.3 is 0 Å². The largest absolute Gasteiger partial charge is 0.382 e. The van der Waals surface area contributed by atoms with E-state index in [0.717, 1.165) is 18.0 Å². The van der Waals surface area contributed by atoms with Crippen LogP contribution in [0.3, 0.4) is 0 Å². The van der Waals surface area contributed by atoms with Gasteiger partial charge in [0.1, 0.15) is 6.61 Å². The van der Waals surface area contributed by atoms with Gasteiger partial charge in [0, 0.05) is 19.7 Å². The Hall–Kier alpha value is -0.990. The third-order valence-electron chi connectivity index (χ3n) is 2.58. The Morgan fingerprint density at radius 2 is 1.71 bits per heavy atom. The topological polar surface area (TPSA) is 75.0 Å². The van der Waals surface area contributed by atoms with Crippen LogP contribution in [0.2, 0.25) is 0 Å². The maximum atomic E-state index is 5.44. The van der Waals surface area contributed by atoms with Gasteiger partial charge in [-0.05, 0) is 6.54 Å². The van der Waals surface area contributed by atoms with Crippen molar-refractivity contribution in [1.82, 2.24) is 10.5 Å². The number of methoxy groups -OCH3 is 1. The maximum Gasteiger partial charge on any atom is 0.162 e. The molecule has 1 aromatic rings. The predicted molar refractivity (Wildman–Crippen MR) is 77.1 cm³/mol. The summed E-state index contributed by atoms with van der Waals surface area (Å²) in [6.45, 7) is 7.46. The van der Waals surface area contributed by atoms with Crippen LogP contribution < -0.4 is 5.32 Å². The molecule has 7 nitrogen and oxygen atoms in total. The van der Waals surface area contributed by atoms with Crippen LogP contribution in [0.4, 0.5) is 0 Å². The molecule has 1 heterocycles. The molecule has 122 valence electrons. The van der Waals surface area contributed by atoms with Crippen molar-refractivity contribution in [2.24, 2.45) is 0 Å². The lowest BCUT2D eigenvalue weighted by atomic mass is 10.3. The summed E-state index contributed by atoms with van der Waals surface area (Å²) in [5.41, 5.74) is 0.889. The average molecular weight is 302 g/mol. The van der Waals surface area contributed by atoms with Gasteiger partial charge in [-0.15, -0.1) is 0 Å². The SMILES string of the molecule is CCNCc1cc(COCCOCCOCCOC)on1. The smallest absolute Gasteiger partial charge is 0.162 e. The second kappa shape index (κ2) is 12.7. The lowest BCUT2D eigenvalue weighted by Gasteiger charge is -2.05. The Balaban J connectivity index is 1.91. The molecule has 0 spiro atoms. The number of hydrogen-bond acceptors (Lipinski definition) is 7. The first-order chi connectivity index (χ1) is 10.4. The predicted octanol–water partition coefficient (Wildman–Crippen LogP) is 0.980. The van der Waals surface area contributed by atoms with E-state index in [4.69, 9.17) is 23.5 Å². The van der Waals surface area contributed by atoms with Gasteiger partial charge in [-0.1, -0.05) is 12.1 Å². The molecule has 0 amide bonds. The highest BCUT2D eigenvalue weighted by atomic mass is 16.6. The molecule has 0 saturated heterocycles. The van der Waals surface area contributed by atoms with E-state index in [1.165, 1.54) is 0 Å². The Bertz CT molecular complexity index is 346. The second-order valence-corrected chi connectivity index (χ2v) is 4.34. The number of hydrogen-bond donors (Lipinski definition) is 1. The molecule has 21 heavy (non-hydrogen) atoms. The van der Waals surface area contributed by atoms with Crippen molar-refractivity contribution in [1.29, 1.82) is 0 Å². The Morgan fingerprint density at radius 3 is 2.38 bits per heavy atom. The molecule has 0 aromatic carbocycles. The molecule has 0 radical (unpaired) electrons. The van der Waals surface area contributed by atoms with Crippen LogP contribution in [0, 0.1) is 0 Å². The van der Waals surface area contributed by atoms with Crippen molar-refractivity contribution in [2.75, 3.05) is 53.3 Å². The zero-order valence-corrected chi connectivity index (χ0v) is 12.9. The maximum absolute atomic E-state index is 5.44. The summed E-state index contributed by atoms with van der Waals surface area (Å²) in [7, 11) is 1.65. The zero-order valence-electron chi connectivity index (χ0n) is 12.9. The Labute approximate surface area is 125 Å². The monoisotopic (exact) mass is 302 g/mol. The molecule has 7 heteroatoms. The summed E-state index contributed by atoms with van der Waals surface area (Å²) in [5, 5.41) is 7.13. The Morgan fingerprint density at radius 1 is 1.05 bits per heavy atom. The van der Waals surface area contributed by atoms with E-state index in [1.807, 2.05) is 13.0 Å². The van der Waals surface area contributed by atoms with Crippen LogP contribution in [0.25, 0.3) is 0 Å². The van der Waals surface area contributed by atoms with E-state index in [0.29, 0.717) is 52.8 Å². The van der Waals surface area contributed by atoms with Crippen LogP contribution in [0.5, 0.6) is 0 Å². The van der Waals surface area contributed by atoms with Crippen LogP contribution >= 0.6 is 0 Å². The highest BCUT2D eigenvalue weighted by Gasteiger charge is 2.03. The van der Waals surface area contributed by atoms with E-state index >= 15 is 0 Å². The normalized spacial score (nSPS) is 11.1. The summed E-state index contributed by atoms with van der Waals surface area (Å²) in [5.74, 6) is 0.728. The fraction of sp³-hybridized carbons (Fsp3) is 0.786. The summed E-state index contributed by atoms with van der Waals surface area (Å²) < 4.78 is 26.1. The third kappa shape index (κ3) is 9.54. The Kier molecular flexibility index (Phi) is 10.9. The summed E-state index contributed by atoms with van der Waals surface area (Å²) in [4.78, 5) is 0. The number of nitrogens with one attached hydrogen (secondary N) is 1. The minimum absolute atomic E-state index is 0.410. The van der Waals surface area contributed by atoms with Crippen molar-refractivity contribution in [3.63, 3.8) is 0 Å². The molecule has 0 fully saturated rings. The molecule has 0 bridgehead atoms. The van der Waals surface area contributed by atoms with E-state index in [-0.39, 0.29) is 0 Å². The molecule has 1 N–H and O–H groups in total. The second-order valence-electron chi connectivity index (χ2n) is 4.34. The number of rotatable bonds is 14. The van der Waals surface area contributed by atoms with Gasteiger partial charge in [-0.3, -0.25) is 0 Å². The van der Waals surface area contributed by atoms with E-state index < -0.39 is 0 Å². The van der Waals surface area contributed by atoms with Crippen molar-refractivity contribution < 1.29 is 23.5 Å². The number of nitrogens with zero attached hydrogens (tertiary/aromatic N) is 1. The summed E-state index contributed by atoms with van der Waals surface area (Å²) >= 11 is 0. The van der Waals surface area contributed by atoms with Gasteiger partial charge in [0.15, 0.2) is 5.76 Å². The van der Waals surface area contributed by atoms with Crippen molar-refractivity contribution in [2.45, 2.75) is 20.1 Å². The average Bonchev–Trinajstić information content (AvgIpc) is 2.95. The molecular formula is C14H26N2O5. The lowest BCUT2D eigenvalue weighted by Crippen LogP contribution is -2.11. The molecule has 0 aliphatic rings. The van der Waals surface area contributed by atoms with Crippen LogP contribution in [0.15, 0.2) is 10.6 Å². The molecule has 0 saturated carbocycles. The lowest BCUT2D eigenvalue weighted by molar-refractivity contribution is -0.00183. The fourth-order valence-electron chi connectivity index (χ4n) is 1.52. The van der Waals surface area contributed by atoms with Gasteiger partial charge in [0.2, 0.25) is 0 Å². The molecule has 0 unspecified atom stereocenters. The standard InChI is InChI=1S/C14H26N2O5/c1-3-15-11-13-10-14(21-16-13)12-20-9-8-19-7-6-18-5-4-17-2/h10,15H,3-9,11-12H2,1-2H3. The molecule has 0 aliphatic heterocycles. The molecule has 0 aliphatic carbocycles. The molecular weight excluding hydrogens is 276 g/mol. The van der Waals surface area contributed by atoms with Gasteiger partial charge < -0.3 is 28.8 Å². The fourth-order valence-corrected chi connectivity index (χ4v) is 1.52. The molecule has 1 aromatic heterocycles. The third-order valence-corrected chi connectivity index (χ3v) is 2.58. The van der Waals surface area contributed by atoms with E-state index in [2.05, 4.69) is 10.5 Å². The van der Waals surface area contributed by atoms with Gasteiger partial charge in [0.05, 0.1) is 45.3 Å². The van der Waals surface area contributed by atoms with Gasteiger partial charge in [-0.2, -0.15) is 0 Å². The zero-order chi connectivity index (χ0) is 15.2. The quantitative estimate of drug-likeness (QED) is 0.513. The number of ether oxygens (including phenoxy) is 4. The number of aromatic nitrogens is 1. The molecule has 1 rings (SSSR count). The van der Waals surface area contributed by atoms with Crippen LogP contribution in [0.1, 0.15) is 18.4 Å². The molecule has 0 atom stereocenters. The first-order valence-corrected chi connectivity index (χ1v) is 7.24. The van der Waals surface area contributed by atoms with Crippen molar-refractivity contribution in [3.05, 3.63) is 17.5 Å². The van der Waals surface area contributed by atoms with Crippen LogP contribution in [-0.4, -0.2) is 58.5 Å². The van der Waals surface area contributed by atoms with E-state index in [9.17, 15) is 0 Å². The first kappa shape index (κ1) is 18.1.